The number of carbonyl (C=O) groups is 3. The molecule has 0 radical (unpaired) electrons. The predicted molar refractivity (Wildman–Crippen MR) is 131 cm³/mol. The van der Waals surface area contributed by atoms with E-state index in [0.717, 1.165) is 40.8 Å². The second-order valence-corrected chi connectivity index (χ2v) is 8.71. The Balaban J connectivity index is 1.40. The summed E-state index contributed by atoms with van der Waals surface area (Å²) in [6, 6.07) is 13.3. The van der Waals surface area contributed by atoms with Gasteiger partial charge in [-0.3, -0.25) is 14.5 Å². The van der Waals surface area contributed by atoms with Crippen molar-refractivity contribution in [2.45, 2.75) is 25.7 Å². The molecule has 1 heterocycles. The van der Waals surface area contributed by atoms with E-state index in [4.69, 9.17) is 17.0 Å². The number of hydrogen-bond acceptors (Lipinski definition) is 7. The average molecular weight is 484 g/mol. The molecule has 7 nitrogen and oxygen atoms in total. The number of aromatic carboxylic acids is 1. The fourth-order valence-electron chi connectivity index (χ4n) is 3.19. The first-order valence-corrected chi connectivity index (χ1v) is 11.6. The molecule has 2 aromatic rings. The standard InChI is InChI=1S/C24H24N2O5S2/c1-31-19-12-6-16(7-13-19)15-20-22(32)26(24(30)33-20)14-4-2-3-5-21(27)25-18-10-8-17(9-11-18)23(28)29/h6-13,15H,2-5,14H2,1H3,(H,25,27)(H,28,29)/p-1/b20-15+. The van der Waals surface area contributed by atoms with E-state index in [1.807, 2.05) is 30.3 Å². The van der Waals surface area contributed by atoms with Gasteiger partial charge in [-0.2, -0.15) is 0 Å². The lowest BCUT2D eigenvalue weighted by Gasteiger charge is -2.14. The zero-order chi connectivity index (χ0) is 23.8. The molecule has 1 aliphatic rings. The number of anilines is 1. The number of carbonyl (C=O) groups excluding carboxylic acids is 3. The Morgan fingerprint density at radius 2 is 1.79 bits per heavy atom. The zero-order valence-corrected chi connectivity index (χ0v) is 19.7. The van der Waals surface area contributed by atoms with Gasteiger partial charge in [-0.25, -0.2) is 0 Å². The smallest absolute Gasteiger partial charge is 0.291 e. The third kappa shape index (κ3) is 6.90. The number of ether oxygens (including phenoxy) is 1. The number of benzene rings is 2. The molecule has 0 atom stereocenters. The Bertz CT molecular complexity index is 1070. The van der Waals surface area contributed by atoms with Crippen LogP contribution in [-0.2, 0) is 4.79 Å². The van der Waals surface area contributed by atoms with Gasteiger partial charge in [-0.05, 0) is 66.1 Å². The molecule has 172 valence electrons. The summed E-state index contributed by atoms with van der Waals surface area (Å²) >= 11 is 6.62. The predicted octanol–water partition coefficient (Wildman–Crippen LogP) is 4.09. The van der Waals surface area contributed by atoms with Crippen LogP contribution in [-0.4, -0.2) is 40.7 Å². The van der Waals surface area contributed by atoms with Crippen LogP contribution in [0.2, 0.25) is 0 Å². The van der Waals surface area contributed by atoms with Crippen LogP contribution in [0.15, 0.2) is 53.4 Å². The fourth-order valence-corrected chi connectivity index (χ4v) is 4.48. The molecule has 0 aliphatic carbocycles. The van der Waals surface area contributed by atoms with Crippen molar-refractivity contribution in [3.05, 3.63) is 64.6 Å². The van der Waals surface area contributed by atoms with E-state index in [9.17, 15) is 19.5 Å². The first-order chi connectivity index (χ1) is 15.9. The number of thiocarbonyl (C=S) groups is 1. The van der Waals surface area contributed by atoms with E-state index >= 15 is 0 Å². The minimum Gasteiger partial charge on any atom is -0.545 e. The number of nitrogens with one attached hydrogen (secondary N) is 1. The molecule has 2 aromatic carbocycles. The van der Waals surface area contributed by atoms with Gasteiger partial charge in [0.25, 0.3) is 5.24 Å². The van der Waals surface area contributed by atoms with Crippen molar-refractivity contribution in [3.63, 3.8) is 0 Å². The minimum absolute atomic E-state index is 0.0579. The Hall–Kier alpha value is -3.17. The Morgan fingerprint density at radius 1 is 1.09 bits per heavy atom. The van der Waals surface area contributed by atoms with Crippen molar-refractivity contribution < 1.29 is 24.2 Å². The van der Waals surface area contributed by atoms with Gasteiger partial charge in [0.2, 0.25) is 5.91 Å². The van der Waals surface area contributed by atoms with Crippen molar-refractivity contribution in [2.75, 3.05) is 19.0 Å². The number of rotatable bonds is 10. The number of nitrogens with zero attached hydrogens (tertiary/aromatic N) is 1. The summed E-state index contributed by atoms with van der Waals surface area (Å²) in [6.45, 7) is 0.511. The highest BCUT2D eigenvalue weighted by atomic mass is 32.2. The number of unbranched alkanes of at least 4 members (excludes halogenated alkanes) is 2. The average Bonchev–Trinajstić information content (AvgIpc) is 3.07. The van der Waals surface area contributed by atoms with Crippen LogP contribution in [0, 0.1) is 0 Å². The second kappa shape index (κ2) is 11.6. The lowest BCUT2D eigenvalue weighted by atomic mass is 10.1. The highest BCUT2D eigenvalue weighted by Crippen LogP contribution is 2.33. The Labute approximate surface area is 201 Å². The lowest BCUT2D eigenvalue weighted by Crippen LogP contribution is -2.28. The summed E-state index contributed by atoms with van der Waals surface area (Å²) in [5.41, 5.74) is 1.53. The molecular formula is C24H23N2O5S2-. The van der Waals surface area contributed by atoms with Crippen LogP contribution in [0.25, 0.3) is 6.08 Å². The first-order valence-electron chi connectivity index (χ1n) is 10.4. The molecule has 1 aliphatic heterocycles. The molecule has 0 saturated carbocycles. The molecule has 1 saturated heterocycles. The maximum absolute atomic E-state index is 12.4. The van der Waals surface area contributed by atoms with Crippen LogP contribution >= 0.6 is 24.0 Å². The maximum atomic E-state index is 12.4. The SMILES string of the molecule is COc1ccc(/C=C2/SC(=O)N(CCCCCC(=O)Nc3ccc(C(=O)[O-])cc3)C2=S)cc1. The molecular weight excluding hydrogens is 460 g/mol. The summed E-state index contributed by atoms with van der Waals surface area (Å²) in [4.78, 5) is 38.1. The van der Waals surface area contributed by atoms with Gasteiger partial charge in [0.05, 0.1) is 18.0 Å². The summed E-state index contributed by atoms with van der Waals surface area (Å²) in [7, 11) is 1.61. The fraction of sp³-hybridized carbons (Fsp3) is 0.250. The maximum Gasteiger partial charge on any atom is 0.291 e. The van der Waals surface area contributed by atoms with E-state index < -0.39 is 5.97 Å². The quantitative estimate of drug-likeness (QED) is 0.309. The van der Waals surface area contributed by atoms with Gasteiger partial charge < -0.3 is 20.0 Å². The number of carboxylic acid groups (broad SMARTS) is 1. The van der Waals surface area contributed by atoms with Crippen LogP contribution in [0.4, 0.5) is 10.5 Å². The van der Waals surface area contributed by atoms with Gasteiger partial charge in [0.15, 0.2) is 0 Å². The molecule has 1 fully saturated rings. The van der Waals surface area contributed by atoms with Crippen molar-refractivity contribution in [2.24, 2.45) is 0 Å². The number of methoxy groups -OCH3 is 1. The minimum atomic E-state index is -1.26. The van der Waals surface area contributed by atoms with Gasteiger partial charge in [-0.15, -0.1) is 0 Å². The summed E-state index contributed by atoms with van der Waals surface area (Å²) in [5, 5.41) is 13.4. The van der Waals surface area contributed by atoms with E-state index in [1.54, 1.807) is 12.0 Å². The van der Waals surface area contributed by atoms with Gasteiger partial charge in [0, 0.05) is 18.7 Å². The summed E-state index contributed by atoms with van der Waals surface area (Å²) in [6.07, 6.45) is 4.40. The number of carboxylic acids is 1. The molecule has 3 rings (SSSR count). The van der Waals surface area contributed by atoms with E-state index in [2.05, 4.69) is 5.32 Å². The second-order valence-electron chi connectivity index (χ2n) is 7.33. The summed E-state index contributed by atoms with van der Waals surface area (Å²) < 4.78 is 5.15. The van der Waals surface area contributed by atoms with Crippen LogP contribution < -0.4 is 15.2 Å². The van der Waals surface area contributed by atoms with Gasteiger partial charge in [0.1, 0.15) is 10.7 Å². The summed E-state index contributed by atoms with van der Waals surface area (Å²) in [5.74, 6) is -0.645. The van der Waals surface area contributed by atoms with Gasteiger partial charge in [-0.1, -0.05) is 42.9 Å². The Kier molecular flexibility index (Phi) is 8.62. The highest BCUT2D eigenvalue weighted by Gasteiger charge is 2.31. The van der Waals surface area contributed by atoms with Crippen LogP contribution in [0.5, 0.6) is 5.75 Å². The van der Waals surface area contributed by atoms with Crippen molar-refractivity contribution >= 4 is 57.8 Å². The number of thioether (sulfide) groups is 1. The third-order valence-corrected chi connectivity index (χ3v) is 6.47. The van der Waals surface area contributed by atoms with Crippen LogP contribution in [0.1, 0.15) is 41.6 Å². The normalized spacial score (nSPS) is 14.6. The molecule has 1 N–H and O–H groups in total. The molecule has 2 amide bonds. The molecule has 0 unspecified atom stereocenters. The molecule has 0 spiro atoms. The van der Waals surface area contributed by atoms with E-state index in [0.29, 0.717) is 30.1 Å². The number of hydrogen-bond donors (Lipinski definition) is 1. The first kappa shape index (κ1) is 24.5. The van der Waals surface area contributed by atoms with Crippen molar-refractivity contribution in [1.82, 2.24) is 4.90 Å². The monoisotopic (exact) mass is 483 g/mol. The molecule has 0 aromatic heterocycles. The van der Waals surface area contributed by atoms with Crippen molar-refractivity contribution in [1.29, 1.82) is 0 Å². The van der Waals surface area contributed by atoms with Crippen LogP contribution in [0.3, 0.4) is 0 Å². The largest absolute Gasteiger partial charge is 0.545 e. The molecule has 9 heteroatoms. The van der Waals surface area contributed by atoms with Crippen molar-refractivity contribution in [3.8, 4) is 5.75 Å². The molecule has 0 bridgehead atoms. The van der Waals surface area contributed by atoms with E-state index in [1.165, 1.54) is 24.3 Å². The van der Waals surface area contributed by atoms with Gasteiger partial charge >= 0.3 is 0 Å². The van der Waals surface area contributed by atoms with E-state index in [-0.39, 0.29) is 16.7 Å². The lowest BCUT2D eigenvalue weighted by molar-refractivity contribution is -0.255. The highest BCUT2D eigenvalue weighted by molar-refractivity contribution is 8.19. The zero-order valence-electron chi connectivity index (χ0n) is 18.0. The number of amides is 2. The Morgan fingerprint density at radius 3 is 2.42 bits per heavy atom. The topological polar surface area (TPSA) is 98.8 Å². The third-order valence-electron chi connectivity index (χ3n) is 4.98. The molecule has 33 heavy (non-hydrogen) atoms.